The van der Waals surface area contributed by atoms with Crippen LogP contribution in [0.4, 0.5) is 0 Å². The summed E-state index contributed by atoms with van der Waals surface area (Å²) in [5.41, 5.74) is 1.25. The van der Waals surface area contributed by atoms with Crippen molar-refractivity contribution in [3.8, 4) is 22.9 Å². The van der Waals surface area contributed by atoms with Crippen LogP contribution in [0.1, 0.15) is 0 Å². The third kappa shape index (κ3) is 1.30. The molecule has 9 heteroatoms. The highest BCUT2D eigenvalue weighted by Crippen LogP contribution is 2.23. The van der Waals surface area contributed by atoms with Gasteiger partial charge in [0.15, 0.2) is 0 Å². The molecule has 0 aromatic carbocycles. The van der Waals surface area contributed by atoms with Gasteiger partial charge in [0.05, 0.1) is 5.56 Å². The lowest BCUT2D eigenvalue weighted by Gasteiger charge is -1.98. The number of pyridine rings is 1. The maximum atomic E-state index is 4.17. The fraction of sp³-hybridized carbons (Fsp3) is 0. The Balaban J connectivity index is 2.19. The highest BCUT2D eigenvalue weighted by molar-refractivity contribution is 5.72. The summed E-state index contributed by atoms with van der Waals surface area (Å²) in [6.07, 6.45) is 1.63. The van der Waals surface area contributed by atoms with Crippen LogP contribution in [0.5, 0.6) is 0 Å². The highest BCUT2D eigenvalue weighted by atomic mass is 15.5. The molecule has 0 atom stereocenters. The largest absolute Gasteiger partial charge is 0.252 e. The number of nitrogens with one attached hydrogen (secondary N) is 2. The second kappa shape index (κ2) is 3.46. The minimum atomic E-state index is 0.389. The van der Waals surface area contributed by atoms with Crippen molar-refractivity contribution in [2.24, 2.45) is 0 Å². The first-order chi connectivity index (χ1) is 7.95. The van der Waals surface area contributed by atoms with Crippen LogP contribution in [0.15, 0.2) is 18.3 Å². The van der Waals surface area contributed by atoms with Crippen molar-refractivity contribution in [1.82, 2.24) is 46.2 Å². The first-order valence-electron chi connectivity index (χ1n) is 4.38. The van der Waals surface area contributed by atoms with Gasteiger partial charge in [-0.25, -0.2) is 0 Å². The van der Waals surface area contributed by atoms with Gasteiger partial charge in [-0.15, -0.1) is 20.4 Å². The molecule has 0 fully saturated rings. The summed E-state index contributed by atoms with van der Waals surface area (Å²) in [5.74, 6) is 0.827. The molecule has 9 nitrogen and oxygen atoms in total. The lowest BCUT2D eigenvalue weighted by molar-refractivity contribution is 0.881. The lowest BCUT2D eigenvalue weighted by atomic mass is 10.2. The fourth-order valence-electron chi connectivity index (χ4n) is 1.30. The maximum absolute atomic E-state index is 4.17. The zero-order valence-corrected chi connectivity index (χ0v) is 7.86. The predicted molar refractivity (Wildman–Crippen MR) is 50.6 cm³/mol. The van der Waals surface area contributed by atoms with Crippen molar-refractivity contribution in [3.05, 3.63) is 18.3 Å². The Kier molecular flexibility index (Phi) is 1.85. The smallest absolute Gasteiger partial charge is 0.223 e. The average molecular weight is 215 g/mol. The molecule has 3 heterocycles. The summed E-state index contributed by atoms with van der Waals surface area (Å²) in [7, 11) is 0. The van der Waals surface area contributed by atoms with Gasteiger partial charge in [-0.1, -0.05) is 0 Å². The number of H-pyrrole nitrogens is 2. The van der Waals surface area contributed by atoms with Crippen molar-refractivity contribution in [2.75, 3.05) is 0 Å². The highest BCUT2D eigenvalue weighted by Gasteiger charge is 2.14. The Morgan fingerprint density at radius 1 is 0.938 bits per heavy atom. The van der Waals surface area contributed by atoms with Gasteiger partial charge in [-0.3, -0.25) is 4.98 Å². The van der Waals surface area contributed by atoms with Gasteiger partial charge in [0, 0.05) is 6.20 Å². The summed E-state index contributed by atoms with van der Waals surface area (Å²) >= 11 is 0. The number of hydrogen-bond acceptors (Lipinski definition) is 7. The summed E-state index contributed by atoms with van der Waals surface area (Å²) in [6, 6.07) is 3.58. The molecule has 0 radical (unpaired) electrons. The standard InChI is InChI=1S/C7H5N9/c1-2-4(6-9-13-14-10-6)5(8-3-1)7-11-15-16-12-7/h1-3H,(H,9,10,13,14)(H,11,12,15,16). The molecule has 2 N–H and O–H groups in total. The predicted octanol–water partition coefficient (Wildman–Crippen LogP) is -0.558. The van der Waals surface area contributed by atoms with Gasteiger partial charge in [-0.05, 0) is 22.6 Å². The van der Waals surface area contributed by atoms with Crippen molar-refractivity contribution >= 4 is 0 Å². The monoisotopic (exact) mass is 215 g/mol. The summed E-state index contributed by atoms with van der Waals surface area (Å²) in [5, 5.41) is 27.2. The number of aromatic amines is 2. The number of hydrogen-bond donors (Lipinski definition) is 2. The van der Waals surface area contributed by atoms with Gasteiger partial charge in [0.1, 0.15) is 5.69 Å². The minimum absolute atomic E-state index is 0.389. The summed E-state index contributed by atoms with van der Waals surface area (Å²) < 4.78 is 0. The van der Waals surface area contributed by atoms with Crippen molar-refractivity contribution in [3.63, 3.8) is 0 Å². The Bertz CT molecular complexity index is 516. The van der Waals surface area contributed by atoms with Gasteiger partial charge in [0.2, 0.25) is 11.6 Å². The Hall–Kier alpha value is -2.71. The van der Waals surface area contributed by atoms with Crippen LogP contribution < -0.4 is 0 Å². The number of tetrazole rings is 2. The van der Waals surface area contributed by atoms with Crippen molar-refractivity contribution < 1.29 is 0 Å². The third-order valence-electron chi connectivity index (χ3n) is 1.95. The molecule has 0 bridgehead atoms. The number of aromatic nitrogens is 9. The minimum Gasteiger partial charge on any atom is -0.252 e. The zero-order valence-electron chi connectivity index (χ0n) is 7.86. The quantitative estimate of drug-likeness (QED) is 0.587. The molecular formula is C7H5N9. The molecule has 3 aromatic heterocycles. The molecule has 0 amide bonds. The molecule has 0 unspecified atom stereocenters. The van der Waals surface area contributed by atoms with E-state index in [1.807, 2.05) is 6.07 Å². The van der Waals surface area contributed by atoms with Crippen LogP contribution >= 0.6 is 0 Å². The molecule has 0 saturated carbocycles. The van der Waals surface area contributed by atoms with E-state index in [0.717, 1.165) is 0 Å². The molecule has 16 heavy (non-hydrogen) atoms. The maximum Gasteiger partial charge on any atom is 0.223 e. The number of nitrogens with zero attached hydrogens (tertiary/aromatic N) is 7. The van der Waals surface area contributed by atoms with Crippen molar-refractivity contribution in [2.45, 2.75) is 0 Å². The van der Waals surface area contributed by atoms with E-state index in [2.05, 4.69) is 46.2 Å². The fourth-order valence-corrected chi connectivity index (χ4v) is 1.30. The molecule has 0 spiro atoms. The van der Waals surface area contributed by atoms with Gasteiger partial charge < -0.3 is 0 Å². The molecule has 3 rings (SSSR count). The van der Waals surface area contributed by atoms with E-state index in [1.54, 1.807) is 12.3 Å². The van der Waals surface area contributed by atoms with E-state index in [1.165, 1.54) is 0 Å². The van der Waals surface area contributed by atoms with Gasteiger partial charge in [-0.2, -0.15) is 10.4 Å². The van der Waals surface area contributed by atoms with Crippen LogP contribution in [-0.4, -0.2) is 46.2 Å². The molecule has 0 aliphatic heterocycles. The van der Waals surface area contributed by atoms with Crippen LogP contribution in [-0.2, 0) is 0 Å². The molecular weight excluding hydrogens is 210 g/mol. The third-order valence-corrected chi connectivity index (χ3v) is 1.95. The Morgan fingerprint density at radius 2 is 1.69 bits per heavy atom. The van der Waals surface area contributed by atoms with Crippen LogP contribution in [0.2, 0.25) is 0 Å². The number of rotatable bonds is 2. The zero-order chi connectivity index (χ0) is 10.8. The molecule has 0 aliphatic carbocycles. The van der Waals surface area contributed by atoms with Crippen LogP contribution in [0.25, 0.3) is 22.9 Å². The first kappa shape index (κ1) is 8.59. The second-order valence-corrected chi connectivity index (χ2v) is 2.87. The summed E-state index contributed by atoms with van der Waals surface area (Å²) in [6.45, 7) is 0. The Labute approximate surface area is 88.3 Å². The van der Waals surface area contributed by atoms with Gasteiger partial charge >= 0.3 is 0 Å². The topological polar surface area (TPSA) is 122 Å². The average Bonchev–Trinajstić information content (AvgIpc) is 3.03. The SMILES string of the molecule is c1cnc(-c2nn[nH]n2)c(-c2nn[nH]n2)c1. The molecule has 78 valence electrons. The summed E-state index contributed by atoms with van der Waals surface area (Å²) in [4.78, 5) is 4.17. The molecule has 0 saturated heterocycles. The van der Waals surface area contributed by atoms with E-state index in [0.29, 0.717) is 22.9 Å². The molecule has 3 aromatic rings. The van der Waals surface area contributed by atoms with E-state index in [-0.39, 0.29) is 0 Å². The lowest BCUT2D eigenvalue weighted by Crippen LogP contribution is -1.92. The van der Waals surface area contributed by atoms with E-state index in [4.69, 9.17) is 0 Å². The Morgan fingerprint density at radius 3 is 2.38 bits per heavy atom. The van der Waals surface area contributed by atoms with Gasteiger partial charge in [0.25, 0.3) is 0 Å². The molecule has 0 aliphatic rings. The van der Waals surface area contributed by atoms with E-state index >= 15 is 0 Å². The van der Waals surface area contributed by atoms with Crippen LogP contribution in [0, 0.1) is 0 Å². The van der Waals surface area contributed by atoms with E-state index < -0.39 is 0 Å². The van der Waals surface area contributed by atoms with E-state index in [9.17, 15) is 0 Å². The second-order valence-electron chi connectivity index (χ2n) is 2.87. The first-order valence-corrected chi connectivity index (χ1v) is 4.38. The van der Waals surface area contributed by atoms with Crippen LogP contribution in [0.3, 0.4) is 0 Å². The normalized spacial score (nSPS) is 10.5. The van der Waals surface area contributed by atoms with Crippen molar-refractivity contribution in [1.29, 1.82) is 0 Å².